The summed E-state index contributed by atoms with van der Waals surface area (Å²) >= 11 is 3.59. The molecule has 2 aromatic carbocycles. The standard InChI is InChI=1S/C15H12BrN3/c16-14-12(19-10-11-4-2-1-3-5-11)6-7-13-15(14)18-9-8-17-13/h1-9,19H,10H2. The van der Waals surface area contributed by atoms with Crippen LogP contribution in [0, 0.1) is 0 Å². The minimum absolute atomic E-state index is 0.783. The first-order valence-electron chi connectivity index (χ1n) is 6.01. The molecule has 0 fully saturated rings. The fourth-order valence-electron chi connectivity index (χ4n) is 1.93. The third-order valence-corrected chi connectivity index (χ3v) is 3.71. The van der Waals surface area contributed by atoms with Gasteiger partial charge in [0.15, 0.2) is 0 Å². The Hall–Kier alpha value is -1.94. The van der Waals surface area contributed by atoms with Gasteiger partial charge >= 0.3 is 0 Å². The molecule has 0 aliphatic rings. The number of nitrogens with zero attached hydrogens (tertiary/aromatic N) is 2. The lowest BCUT2D eigenvalue weighted by Gasteiger charge is -2.10. The maximum absolute atomic E-state index is 4.35. The lowest BCUT2D eigenvalue weighted by atomic mass is 10.2. The molecular weight excluding hydrogens is 302 g/mol. The molecule has 3 aromatic rings. The highest BCUT2D eigenvalue weighted by Crippen LogP contribution is 2.29. The number of rotatable bonds is 3. The number of anilines is 1. The van der Waals surface area contributed by atoms with Crippen LogP contribution in [0.5, 0.6) is 0 Å². The van der Waals surface area contributed by atoms with Crippen molar-refractivity contribution in [1.29, 1.82) is 0 Å². The summed E-state index contributed by atoms with van der Waals surface area (Å²) in [5.41, 5.74) is 4.03. The van der Waals surface area contributed by atoms with E-state index in [4.69, 9.17) is 0 Å². The summed E-state index contributed by atoms with van der Waals surface area (Å²) in [6.45, 7) is 0.783. The van der Waals surface area contributed by atoms with Crippen molar-refractivity contribution in [3.63, 3.8) is 0 Å². The Labute approximate surface area is 119 Å². The molecule has 0 bridgehead atoms. The molecule has 3 nitrogen and oxygen atoms in total. The average molecular weight is 314 g/mol. The first-order valence-corrected chi connectivity index (χ1v) is 6.81. The van der Waals surface area contributed by atoms with Gasteiger partial charge in [-0.15, -0.1) is 0 Å². The Morgan fingerprint density at radius 3 is 2.58 bits per heavy atom. The van der Waals surface area contributed by atoms with Gasteiger partial charge in [0.1, 0.15) is 5.52 Å². The Morgan fingerprint density at radius 2 is 1.74 bits per heavy atom. The van der Waals surface area contributed by atoms with Crippen molar-refractivity contribution >= 4 is 32.7 Å². The van der Waals surface area contributed by atoms with Crippen molar-refractivity contribution in [3.8, 4) is 0 Å². The molecule has 0 unspecified atom stereocenters. The van der Waals surface area contributed by atoms with Gasteiger partial charge in [-0.1, -0.05) is 30.3 Å². The Kier molecular flexibility index (Phi) is 3.42. The summed E-state index contributed by atoms with van der Waals surface area (Å²) in [5.74, 6) is 0. The highest BCUT2D eigenvalue weighted by atomic mass is 79.9. The first kappa shape index (κ1) is 12.1. The monoisotopic (exact) mass is 313 g/mol. The number of halogens is 1. The molecule has 1 N–H and O–H groups in total. The van der Waals surface area contributed by atoms with E-state index < -0.39 is 0 Å². The van der Waals surface area contributed by atoms with Gasteiger partial charge in [0.2, 0.25) is 0 Å². The van der Waals surface area contributed by atoms with E-state index in [1.165, 1.54) is 5.56 Å². The van der Waals surface area contributed by atoms with Gasteiger partial charge in [-0.25, -0.2) is 0 Å². The predicted octanol–water partition coefficient (Wildman–Crippen LogP) is 4.00. The second kappa shape index (κ2) is 5.36. The summed E-state index contributed by atoms with van der Waals surface area (Å²) in [7, 11) is 0. The first-order chi connectivity index (χ1) is 9.34. The molecule has 0 atom stereocenters. The molecule has 4 heteroatoms. The second-order valence-electron chi connectivity index (χ2n) is 4.19. The number of nitrogens with one attached hydrogen (secondary N) is 1. The summed E-state index contributed by atoms with van der Waals surface area (Å²) < 4.78 is 0.953. The molecule has 0 saturated carbocycles. The van der Waals surface area contributed by atoms with Crippen LogP contribution >= 0.6 is 15.9 Å². The van der Waals surface area contributed by atoms with Crippen LogP contribution < -0.4 is 5.32 Å². The van der Waals surface area contributed by atoms with E-state index in [2.05, 4.69) is 43.3 Å². The molecule has 0 spiro atoms. The van der Waals surface area contributed by atoms with E-state index in [1.54, 1.807) is 12.4 Å². The van der Waals surface area contributed by atoms with Gasteiger partial charge in [-0.3, -0.25) is 9.97 Å². The van der Waals surface area contributed by atoms with Crippen LogP contribution in [0.1, 0.15) is 5.56 Å². The molecule has 3 rings (SSSR count). The summed E-state index contributed by atoms with van der Waals surface area (Å²) in [5, 5.41) is 3.41. The average Bonchev–Trinajstić information content (AvgIpc) is 2.48. The normalized spacial score (nSPS) is 10.6. The smallest absolute Gasteiger partial charge is 0.105 e. The van der Waals surface area contributed by atoms with Crippen molar-refractivity contribution in [2.45, 2.75) is 6.54 Å². The van der Waals surface area contributed by atoms with Crippen LogP contribution in [0.2, 0.25) is 0 Å². The highest BCUT2D eigenvalue weighted by molar-refractivity contribution is 9.10. The van der Waals surface area contributed by atoms with Crippen molar-refractivity contribution in [2.75, 3.05) is 5.32 Å². The van der Waals surface area contributed by atoms with E-state index in [0.29, 0.717) is 0 Å². The zero-order chi connectivity index (χ0) is 13.1. The Morgan fingerprint density at radius 1 is 0.947 bits per heavy atom. The maximum Gasteiger partial charge on any atom is 0.105 e. The van der Waals surface area contributed by atoms with Crippen molar-refractivity contribution in [1.82, 2.24) is 9.97 Å². The third kappa shape index (κ3) is 2.58. The van der Waals surface area contributed by atoms with Gasteiger partial charge in [0.25, 0.3) is 0 Å². The Bertz CT molecular complexity index is 698. The molecule has 1 heterocycles. The van der Waals surface area contributed by atoms with Gasteiger partial charge in [-0.2, -0.15) is 0 Å². The largest absolute Gasteiger partial charge is 0.380 e. The number of benzene rings is 2. The van der Waals surface area contributed by atoms with Crippen LogP contribution in [0.3, 0.4) is 0 Å². The second-order valence-corrected chi connectivity index (χ2v) is 4.98. The minimum atomic E-state index is 0.783. The molecule has 94 valence electrons. The van der Waals surface area contributed by atoms with Crippen molar-refractivity contribution < 1.29 is 0 Å². The van der Waals surface area contributed by atoms with Gasteiger partial charge in [0, 0.05) is 18.9 Å². The number of fused-ring (bicyclic) bond motifs is 1. The molecule has 19 heavy (non-hydrogen) atoms. The zero-order valence-corrected chi connectivity index (χ0v) is 11.8. The van der Waals surface area contributed by atoms with E-state index in [-0.39, 0.29) is 0 Å². The highest BCUT2D eigenvalue weighted by Gasteiger charge is 2.06. The summed E-state index contributed by atoms with van der Waals surface area (Å²) in [6, 6.07) is 14.3. The molecule has 0 aliphatic heterocycles. The van der Waals surface area contributed by atoms with Crippen LogP contribution in [0.25, 0.3) is 11.0 Å². The van der Waals surface area contributed by atoms with Crippen LogP contribution in [-0.2, 0) is 6.54 Å². The van der Waals surface area contributed by atoms with Crippen LogP contribution in [0.15, 0.2) is 59.3 Å². The minimum Gasteiger partial charge on any atom is -0.380 e. The van der Waals surface area contributed by atoms with E-state index >= 15 is 0 Å². The van der Waals surface area contributed by atoms with Gasteiger partial charge < -0.3 is 5.32 Å². The lowest BCUT2D eigenvalue weighted by Crippen LogP contribution is -2.00. The van der Waals surface area contributed by atoms with Crippen LogP contribution in [0.4, 0.5) is 5.69 Å². The fourth-order valence-corrected chi connectivity index (χ4v) is 2.51. The van der Waals surface area contributed by atoms with E-state index in [1.807, 2.05) is 30.3 Å². The molecule has 1 aromatic heterocycles. The molecule has 0 radical (unpaired) electrons. The van der Waals surface area contributed by atoms with E-state index in [9.17, 15) is 0 Å². The van der Waals surface area contributed by atoms with E-state index in [0.717, 1.165) is 27.7 Å². The van der Waals surface area contributed by atoms with Gasteiger partial charge in [0.05, 0.1) is 15.7 Å². The molecule has 0 aliphatic carbocycles. The predicted molar refractivity (Wildman–Crippen MR) is 81.0 cm³/mol. The molecular formula is C15H12BrN3. The maximum atomic E-state index is 4.35. The van der Waals surface area contributed by atoms with Crippen molar-refractivity contribution in [2.24, 2.45) is 0 Å². The summed E-state index contributed by atoms with van der Waals surface area (Å²) in [6.07, 6.45) is 3.40. The molecule has 0 amide bonds. The van der Waals surface area contributed by atoms with Crippen molar-refractivity contribution in [3.05, 3.63) is 64.9 Å². The zero-order valence-electron chi connectivity index (χ0n) is 10.2. The third-order valence-electron chi connectivity index (χ3n) is 2.90. The number of hydrogen-bond acceptors (Lipinski definition) is 3. The Balaban J connectivity index is 1.87. The SMILES string of the molecule is Brc1c(NCc2ccccc2)ccc2nccnc12. The number of aromatic nitrogens is 2. The van der Waals surface area contributed by atoms with Gasteiger partial charge in [-0.05, 0) is 33.6 Å². The quantitative estimate of drug-likeness (QED) is 0.794. The summed E-state index contributed by atoms with van der Waals surface area (Å²) in [4.78, 5) is 8.63. The van der Waals surface area contributed by atoms with Crippen LogP contribution in [-0.4, -0.2) is 9.97 Å². The topological polar surface area (TPSA) is 37.8 Å². The lowest BCUT2D eigenvalue weighted by molar-refractivity contribution is 1.15. The fraction of sp³-hybridized carbons (Fsp3) is 0.0667. The molecule has 0 saturated heterocycles. The number of hydrogen-bond donors (Lipinski definition) is 1.